The van der Waals surface area contributed by atoms with Crippen LogP contribution in [0.4, 0.5) is 5.82 Å². The minimum Gasteiger partial charge on any atom is -0.356 e. The van der Waals surface area contributed by atoms with Gasteiger partial charge in [0, 0.05) is 30.8 Å². The minimum atomic E-state index is 0.249. The molecular weight excluding hydrogens is 397 g/mol. The molecule has 132 valence electrons. The number of anilines is 1. The molecule has 0 atom stereocenters. The highest BCUT2D eigenvalue weighted by atomic mass is 35.5. The quantitative estimate of drug-likeness (QED) is 0.343. The van der Waals surface area contributed by atoms with Crippen molar-refractivity contribution in [2.24, 2.45) is 0 Å². The van der Waals surface area contributed by atoms with Crippen molar-refractivity contribution in [2.45, 2.75) is 24.4 Å². The summed E-state index contributed by atoms with van der Waals surface area (Å²) in [6.45, 7) is 2.01. The molecule has 1 saturated heterocycles. The number of thioether (sulfide) groups is 1. The molecule has 3 rings (SSSR count). The molecule has 1 aromatic heterocycles. The van der Waals surface area contributed by atoms with Gasteiger partial charge in [0.1, 0.15) is 15.5 Å². The lowest BCUT2D eigenvalue weighted by molar-refractivity contribution is 0.856. The second-order valence-corrected chi connectivity index (χ2v) is 8.11. The van der Waals surface area contributed by atoms with Gasteiger partial charge in [-0.15, -0.1) is 0 Å². The Labute approximate surface area is 167 Å². The molecule has 0 N–H and O–H groups in total. The van der Waals surface area contributed by atoms with Crippen LogP contribution in [0.15, 0.2) is 46.1 Å². The van der Waals surface area contributed by atoms with Crippen molar-refractivity contribution >= 4 is 52.4 Å². The molecule has 7 heteroatoms. The second kappa shape index (κ2) is 9.13. The summed E-state index contributed by atoms with van der Waals surface area (Å²) in [6.07, 6.45) is 4.81. The first-order valence-electron chi connectivity index (χ1n) is 8.12. The van der Waals surface area contributed by atoms with E-state index in [0.29, 0.717) is 16.1 Å². The van der Waals surface area contributed by atoms with Crippen LogP contribution in [0.5, 0.6) is 0 Å². The summed E-state index contributed by atoms with van der Waals surface area (Å²) in [5.41, 5.74) is 2.19. The van der Waals surface area contributed by atoms with Crippen LogP contribution in [-0.2, 0) is 6.42 Å². The largest absolute Gasteiger partial charge is 0.356 e. The maximum Gasteiger partial charge on any atom is 0.191 e. The minimum absolute atomic E-state index is 0.249. The van der Waals surface area contributed by atoms with E-state index >= 15 is 0 Å². The van der Waals surface area contributed by atoms with E-state index in [0.717, 1.165) is 30.9 Å². The first kappa shape index (κ1) is 18.8. The average molecular weight is 415 g/mol. The third kappa shape index (κ3) is 5.27. The van der Waals surface area contributed by atoms with Crippen LogP contribution in [0.1, 0.15) is 24.0 Å². The molecule has 0 saturated carbocycles. The number of benzene rings is 1. The SMILES string of the molecule is ClC(Cl)=CCSc1nc(Cl)c(Cc2ccccc2)c(N2CCCC2)n1. The molecular formula is C18H18Cl3N3S. The van der Waals surface area contributed by atoms with E-state index in [9.17, 15) is 0 Å². The van der Waals surface area contributed by atoms with Crippen LogP contribution >= 0.6 is 46.6 Å². The molecule has 1 aliphatic rings. The van der Waals surface area contributed by atoms with Gasteiger partial charge in [-0.3, -0.25) is 0 Å². The van der Waals surface area contributed by atoms with Crippen LogP contribution in [0.3, 0.4) is 0 Å². The first-order chi connectivity index (χ1) is 12.1. The van der Waals surface area contributed by atoms with Gasteiger partial charge in [0.25, 0.3) is 0 Å². The van der Waals surface area contributed by atoms with Gasteiger partial charge in [-0.2, -0.15) is 0 Å². The summed E-state index contributed by atoms with van der Waals surface area (Å²) < 4.78 is 0.249. The Bertz CT molecular complexity index is 743. The Balaban J connectivity index is 1.91. The number of halogens is 3. The highest BCUT2D eigenvalue weighted by Crippen LogP contribution is 2.32. The van der Waals surface area contributed by atoms with E-state index in [2.05, 4.69) is 22.0 Å². The summed E-state index contributed by atoms with van der Waals surface area (Å²) in [6, 6.07) is 10.3. The fraction of sp³-hybridized carbons (Fsp3) is 0.333. The lowest BCUT2D eigenvalue weighted by Gasteiger charge is -2.21. The third-order valence-electron chi connectivity index (χ3n) is 3.99. The van der Waals surface area contributed by atoms with Gasteiger partial charge in [-0.05, 0) is 24.5 Å². The van der Waals surface area contributed by atoms with Crippen molar-refractivity contribution in [2.75, 3.05) is 23.7 Å². The molecule has 2 heterocycles. The van der Waals surface area contributed by atoms with Crippen molar-refractivity contribution in [3.8, 4) is 0 Å². The van der Waals surface area contributed by atoms with E-state index in [1.807, 2.05) is 18.2 Å². The zero-order chi connectivity index (χ0) is 17.6. The summed E-state index contributed by atoms with van der Waals surface area (Å²) in [4.78, 5) is 11.6. The predicted octanol–water partition coefficient (Wildman–Crippen LogP) is 5.73. The molecule has 2 aromatic rings. The lowest BCUT2D eigenvalue weighted by Crippen LogP contribution is -2.22. The number of hydrogen-bond acceptors (Lipinski definition) is 4. The van der Waals surface area contributed by atoms with E-state index < -0.39 is 0 Å². The van der Waals surface area contributed by atoms with Crippen molar-refractivity contribution in [1.82, 2.24) is 9.97 Å². The second-order valence-electron chi connectivity index (χ2n) is 5.76. The number of nitrogens with zero attached hydrogens (tertiary/aromatic N) is 3. The van der Waals surface area contributed by atoms with E-state index in [4.69, 9.17) is 39.8 Å². The van der Waals surface area contributed by atoms with E-state index in [1.165, 1.54) is 30.2 Å². The van der Waals surface area contributed by atoms with Crippen LogP contribution in [0.25, 0.3) is 0 Å². The Morgan fingerprint density at radius 1 is 1.12 bits per heavy atom. The standard InChI is InChI=1S/C18H18Cl3N3S/c19-15(20)8-11-25-18-22-16(21)14(12-13-6-2-1-3-7-13)17(23-18)24-9-4-5-10-24/h1-3,6-8H,4-5,9-12H2. The van der Waals surface area contributed by atoms with Crippen molar-refractivity contribution in [1.29, 1.82) is 0 Å². The number of hydrogen-bond donors (Lipinski definition) is 0. The van der Waals surface area contributed by atoms with Gasteiger partial charge in [0.15, 0.2) is 5.16 Å². The molecule has 25 heavy (non-hydrogen) atoms. The summed E-state index contributed by atoms with van der Waals surface area (Å²) in [7, 11) is 0. The number of aromatic nitrogens is 2. The Hall–Kier alpha value is -0.940. The Morgan fingerprint density at radius 3 is 2.52 bits per heavy atom. The number of rotatable bonds is 6. The average Bonchev–Trinajstić information content (AvgIpc) is 3.12. The zero-order valence-electron chi connectivity index (χ0n) is 13.6. The maximum absolute atomic E-state index is 6.55. The Morgan fingerprint density at radius 2 is 1.84 bits per heavy atom. The third-order valence-corrected chi connectivity index (χ3v) is 5.39. The summed E-state index contributed by atoms with van der Waals surface area (Å²) in [5, 5.41) is 1.17. The van der Waals surface area contributed by atoms with Crippen molar-refractivity contribution in [3.63, 3.8) is 0 Å². The highest BCUT2D eigenvalue weighted by molar-refractivity contribution is 7.99. The van der Waals surface area contributed by atoms with Crippen molar-refractivity contribution in [3.05, 3.63) is 57.2 Å². The topological polar surface area (TPSA) is 29.0 Å². The molecule has 0 spiro atoms. The Kier molecular flexibility index (Phi) is 6.88. The zero-order valence-corrected chi connectivity index (χ0v) is 16.7. The van der Waals surface area contributed by atoms with Gasteiger partial charge in [0.05, 0.1) is 0 Å². The molecule has 0 unspecified atom stereocenters. The van der Waals surface area contributed by atoms with Crippen LogP contribution in [0, 0.1) is 0 Å². The highest BCUT2D eigenvalue weighted by Gasteiger charge is 2.21. The molecule has 1 aromatic carbocycles. The summed E-state index contributed by atoms with van der Waals surface area (Å²) >= 11 is 19.3. The fourth-order valence-electron chi connectivity index (χ4n) is 2.81. The molecule has 0 aliphatic carbocycles. The fourth-order valence-corrected chi connectivity index (χ4v) is 4.14. The maximum atomic E-state index is 6.55. The summed E-state index contributed by atoms with van der Waals surface area (Å²) in [5.74, 6) is 1.56. The molecule has 3 nitrogen and oxygen atoms in total. The van der Waals surface area contributed by atoms with E-state index in [1.54, 1.807) is 6.08 Å². The monoisotopic (exact) mass is 413 g/mol. The van der Waals surface area contributed by atoms with Gasteiger partial charge >= 0.3 is 0 Å². The van der Waals surface area contributed by atoms with Crippen molar-refractivity contribution < 1.29 is 0 Å². The lowest BCUT2D eigenvalue weighted by atomic mass is 10.1. The smallest absolute Gasteiger partial charge is 0.191 e. The van der Waals surface area contributed by atoms with Crippen LogP contribution < -0.4 is 4.90 Å². The van der Waals surface area contributed by atoms with Crippen LogP contribution in [-0.4, -0.2) is 28.8 Å². The first-order valence-corrected chi connectivity index (χ1v) is 10.2. The van der Waals surface area contributed by atoms with Gasteiger partial charge in [-0.25, -0.2) is 9.97 Å². The normalized spacial score (nSPS) is 14.0. The molecule has 0 amide bonds. The van der Waals surface area contributed by atoms with Gasteiger partial charge in [-0.1, -0.05) is 76.9 Å². The molecule has 1 aliphatic heterocycles. The van der Waals surface area contributed by atoms with Gasteiger partial charge in [0.2, 0.25) is 0 Å². The van der Waals surface area contributed by atoms with Crippen LogP contribution in [0.2, 0.25) is 5.15 Å². The van der Waals surface area contributed by atoms with Gasteiger partial charge < -0.3 is 4.90 Å². The molecule has 0 radical (unpaired) electrons. The van der Waals surface area contributed by atoms with E-state index in [-0.39, 0.29) is 4.49 Å². The predicted molar refractivity (Wildman–Crippen MR) is 108 cm³/mol. The molecule has 0 bridgehead atoms. The molecule has 1 fully saturated rings.